The molecule has 0 heterocycles. The van der Waals surface area contributed by atoms with E-state index in [9.17, 15) is 43.2 Å². The van der Waals surface area contributed by atoms with Crippen LogP contribution in [0.1, 0.15) is 478 Å². The fourth-order valence-electron chi connectivity index (χ4n) is 13.9. The van der Waals surface area contributed by atoms with Crippen molar-refractivity contribution in [1.82, 2.24) is 0 Å². The number of hydrogen-bond acceptors (Lipinski definition) is 15. The largest absolute Gasteiger partial charge is 0.472 e. The van der Waals surface area contributed by atoms with Gasteiger partial charge in [0.2, 0.25) is 0 Å². The molecule has 0 aromatic heterocycles. The Kier molecular flexibility index (Phi) is 78.8. The highest BCUT2D eigenvalue weighted by molar-refractivity contribution is 7.47. The lowest BCUT2D eigenvalue weighted by molar-refractivity contribution is -0.161. The lowest BCUT2D eigenvalue weighted by Crippen LogP contribution is -2.30. The van der Waals surface area contributed by atoms with Gasteiger partial charge in [0.25, 0.3) is 0 Å². The van der Waals surface area contributed by atoms with Crippen molar-refractivity contribution in [1.29, 1.82) is 0 Å². The quantitative estimate of drug-likeness (QED) is 0.0222. The predicted molar refractivity (Wildman–Crippen MR) is 446 cm³/mol. The minimum absolute atomic E-state index is 0.107. The molecule has 0 fully saturated rings. The number of ether oxygens (including phenoxy) is 4. The number of esters is 4. The topological polar surface area (TPSA) is 237 Å². The summed E-state index contributed by atoms with van der Waals surface area (Å²) in [7, 11) is -9.93. The van der Waals surface area contributed by atoms with Crippen LogP contribution in [-0.4, -0.2) is 96.7 Å². The molecule has 108 heavy (non-hydrogen) atoms. The third-order valence-corrected chi connectivity index (χ3v) is 23.6. The average molecular weight is 1580 g/mol. The first-order chi connectivity index (χ1) is 52.4. The van der Waals surface area contributed by atoms with Gasteiger partial charge in [-0.1, -0.05) is 427 Å². The maximum absolute atomic E-state index is 13.2. The van der Waals surface area contributed by atoms with E-state index in [0.717, 1.165) is 102 Å². The Labute approximate surface area is 664 Å². The number of hydrogen-bond donors (Lipinski definition) is 3. The van der Waals surface area contributed by atoms with Crippen LogP contribution < -0.4 is 0 Å². The smallest absolute Gasteiger partial charge is 0.462 e. The molecule has 0 radical (unpaired) electrons. The molecule has 0 rings (SSSR count). The highest BCUT2D eigenvalue weighted by Crippen LogP contribution is 2.45. The molecule has 0 saturated carbocycles. The Bertz CT molecular complexity index is 2070. The van der Waals surface area contributed by atoms with E-state index in [1.165, 1.54) is 295 Å². The lowest BCUT2D eigenvalue weighted by atomic mass is 9.99. The molecule has 0 aliphatic rings. The van der Waals surface area contributed by atoms with Gasteiger partial charge in [0.1, 0.15) is 19.3 Å². The van der Waals surface area contributed by atoms with E-state index in [-0.39, 0.29) is 25.7 Å². The van der Waals surface area contributed by atoms with E-state index in [4.69, 9.17) is 37.0 Å². The van der Waals surface area contributed by atoms with Crippen molar-refractivity contribution in [2.45, 2.75) is 496 Å². The van der Waals surface area contributed by atoms with Gasteiger partial charge in [-0.2, -0.15) is 0 Å². The van der Waals surface area contributed by atoms with Gasteiger partial charge in [-0.3, -0.25) is 37.3 Å². The summed E-state index contributed by atoms with van der Waals surface area (Å²) in [5.41, 5.74) is 0. The zero-order chi connectivity index (χ0) is 79.2. The summed E-state index contributed by atoms with van der Waals surface area (Å²) in [5, 5.41) is 10.7. The van der Waals surface area contributed by atoms with E-state index in [1.807, 2.05) is 0 Å². The molecule has 0 bridgehead atoms. The molecular weight excluding hydrogens is 1400 g/mol. The molecule has 7 atom stereocenters. The van der Waals surface area contributed by atoms with Crippen LogP contribution in [0.25, 0.3) is 0 Å². The molecule has 0 aromatic carbocycles. The van der Waals surface area contributed by atoms with Gasteiger partial charge in [0.15, 0.2) is 12.2 Å². The second kappa shape index (κ2) is 80.3. The minimum atomic E-state index is -4.97. The van der Waals surface area contributed by atoms with Crippen molar-refractivity contribution in [3.05, 3.63) is 0 Å². The number of aliphatic hydroxyl groups is 1. The van der Waals surface area contributed by atoms with Gasteiger partial charge in [0, 0.05) is 25.7 Å². The summed E-state index contributed by atoms with van der Waals surface area (Å²) >= 11 is 0. The van der Waals surface area contributed by atoms with E-state index < -0.39 is 97.5 Å². The Morgan fingerprint density at radius 2 is 0.444 bits per heavy atom. The summed E-state index contributed by atoms with van der Waals surface area (Å²) in [6, 6.07) is 0. The average Bonchev–Trinajstić information content (AvgIpc) is 0.899. The molecule has 0 spiro atoms. The van der Waals surface area contributed by atoms with Gasteiger partial charge < -0.3 is 33.8 Å². The second-order valence-corrected chi connectivity index (χ2v) is 35.4. The first kappa shape index (κ1) is 106. The van der Waals surface area contributed by atoms with Gasteiger partial charge in [-0.15, -0.1) is 0 Å². The number of rotatable bonds is 88. The molecular formula is C89H174O17P2. The van der Waals surface area contributed by atoms with Crippen LogP contribution in [0.5, 0.6) is 0 Å². The number of phosphoric ester groups is 2. The number of carbonyl (C=O) groups is 4. The summed E-state index contributed by atoms with van der Waals surface area (Å²) in [6.45, 7) is 9.77. The zero-order valence-electron chi connectivity index (χ0n) is 71.2. The van der Waals surface area contributed by atoms with Crippen molar-refractivity contribution in [3.8, 4) is 0 Å². The molecule has 0 saturated heterocycles. The van der Waals surface area contributed by atoms with Crippen LogP contribution >= 0.6 is 15.6 Å². The molecule has 0 aliphatic carbocycles. The summed E-state index contributed by atoms with van der Waals surface area (Å²) < 4.78 is 69.0. The fraction of sp³-hybridized carbons (Fsp3) is 0.955. The van der Waals surface area contributed by atoms with Gasteiger partial charge in [-0.05, 0) is 37.5 Å². The summed E-state index contributed by atoms with van der Waals surface area (Å²) in [6.07, 6.45) is 73.6. The predicted octanol–water partition coefficient (Wildman–Crippen LogP) is 27.4. The third kappa shape index (κ3) is 79.3. The van der Waals surface area contributed by atoms with Crippen molar-refractivity contribution >= 4 is 39.5 Å². The van der Waals surface area contributed by atoms with Crippen LogP contribution in [0.2, 0.25) is 0 Å². The molecule has 17 nitrogen and oxygen atoms in total. The van der Waals surface area contributed by atoms with Crippen molar-refractivity contribution < 1.29 is 80.2 Å². The zero-order valence-corrected chi connectivity index (χ0v) is 73.0. The van der Waals surface area contributed by atoms with E-state index in [2.05, 4.69) is 41.5 Å². The molecule has 4 unspecified atom stereocenters. The number of phosphoric acid groups is 2. The molecule has 0 amide bonds. The molecule has 0 aliphatic heterocycles. The van der Waals surface area contributed by atoms with Gasteiger partial charge in [0.05, 0.1) is 26.4 Å². The summed E-state index contributed by atoms with van der Waals surface area (Å²) in [5.74, 6) is -0.425. The Morgan fingerprint density at radius 3 is 0.657 bits per heavy atom. The van der Waals surface area contributed by atoms with Crippen molar-refractivity contribution in [2.24, 2.45) is 11.8 Å². The maximum atomic E-state index is 13.2. The SMILES string of the molecule is CCCCCCCCCCCCCCCCCCCCCCCC(=O)OC[C@H](COP(=O)(O)OC[C@@H](O)COP(=O)(O)OC[C@@H](COC(=O)CCCCCCCCCCCCC)OC(=O)CCCCCCCCCCCCC(C)CC)OC(=O)CCCCCCCCCCCCCCCCCCCCC(C)CC. The van der Waals surface area contributed by atoms with Crippen molar-refractivity contribution in [2.75, 3.05) is 39.6 Å². The molecule has 642 valence electrons. The normalized spacial score (nSPS) is 14.3. The van der Waals surface area contributed by atoms with Gasteiger partial charge >= 0.3 is 39.5 Å². The number of carbonyl (C=O) groups excluding carboxylic acids is 4. The monoisotopic (exact) mass is 1580 g/mol. The van der Waals surface area contributed by atoms with Crippen LogP contribution in [0.3, 0.4) is 0 Å². The molecule has 3 N–H and O–H groups in total. The number of aliphatic hydroxyl groups excluding tert-OH is 1. The lowest BCUT2D eigenvalue weighted by Gasteiger charge is -2.21. The number of unbranched alkanes of at least 4 members (excludes halogenated alkanes) is 56. The van der Waals surface area contributed by atoms with Gasteiger partial charge in [-0.25, -0.2) is 9.13 Å². The van der Waals surface area contributed by atoms with Crippen LogP contribution in [0.4, 0.5) is 0 Å². The highest BCUT2D eigenvalue weighted by atomic mass is 31.2. The van der Waals surface area contributed by atoms with Crippen LogP contribution in [0.15, 0.2) is 0 Å². The Balaban J connectivity index is 5.22. The summed E-state index contributed by atoms with van der Waals surface area (Å²) in [4.78, 5) is 73.3. The van der Waals surface area contributed by atoms with E-state index in [0.29, 0.717) is 25.7 Å². The maximum Gasteiger partial charge on any atom is 0.472 e. The first-order valence-electron chi connectivity index (χ1n) is 46.1. The Hall–Kier alpha value is -1.94. The first-order valence-corrected chi connectivity index (χ1v) is 49.1. The fourth-order valence-corrected chi connectivity index (χ4v) is 15.5. The third-order valence-electron chi connectivity index (χ3n) is 21.7. The molecule has 0 aromatic rings. The Morgan fingerprint density at radius 1 is 0.259 bits per heavy atom. The van der Waals surface area contributed by atoms with Crippen molar-refractivity contribution in [3.63, 3.8) is 0 Å². The van der Waals surface area contributed by atoms with Crippen LogP contribution in [-0.2, 0) is 65.4 Å². The van der Waals surface area contributed by atoms with E-state index >= 15 is 0 Å². The van der Waals surface area contributed by atoms with E-state index in [1.54, 1.807) is 0 Å². The standard InChI is InChI=1S/C89H174O17P2/c1-7-11-13-15-17-19-21-22-23-24-25-26-27-31-34-37-41-48-54-60-66-72-87(92)100-78-84(105-88(93)73-67-61-55-49-42-38-35-32-29-28-30-33-36-40-45-51-57-63-69-81(5)9-3)79-103-107(95,96)101-75-83(90)76-102-108(97,98)104-80-85(77-99-86(91)71-65-59-53-47-39-20-18-16-14-12-8-2)106-89(94)74-68-62-56-50-44-43-46-52-58-64-70-82(6)10-4/h81-85,90H,7-80H2,1-6H3,(H,95,96)(H,97,98)/t81?,82?,83-,84-,85-/m1/s1. The minimum Gasteiger partial charge on any atom is -0.462 e. The second-order valence-electron chi connectivity index (χ2n) is 32.5. The highest BCUT2D eigenvalue weighted by Gasteiger charge is 2.31. The van der Waals surface area contributed by atoms with Crippen LogP contribution in [0, 0.1) is 11.8 Å². The molecule has 19 heteroatoms.